The van der Waals surface area contributed by atoms with Crippen molar-refractivity contribution in [3.63, 3.8) is 0 Å². The highest BCUT2D eigenvalue weighted by atomic mass is 16.6. The van der Waals surface area contributed by atoms with Gasteiger partial charge in [-0.25, -0.2) is 0 Å². The van der Waals surface area contributed by atoms with E-state index < -0.39 is 9.85 Å². The van der Waals surface area contributed by atoms with Crippen LogP contribution in [-0.2, 0) is 0 Å². The molecule has 0 aliphatic heterocycles. The lowest BCUT2D eigenvalue weighted by Crippen LogP contribution is -2.12. The van der Waals surface area contributed by atoms with E-state index in [1.807, 2.05) is 6.21 Å². The summed E-state index contributed by atoms with van der Waals surface area (Å²) in [5.74, 6) is 1.92. The van der Waals surface area contributed by atoms with Gasteiger partial charge in [0.15, 0.2) is 0 Å². The quantitative estimate of drug-likeness (QED) is 0.509. The molecule has 2 aliphatic carbocycles. The molecule has 3 rings (SSSR count). The molecule has 2 aliphatic rings. The molecule has 1 N–H and O–H groups in total. The minimum absolute atomic E-state index is 0.162. The van der Waals surface area contributed by atoms with Crippen LogP contribution in [0, 0.1) is 38.0 Å². The molecular weight excluding hydrogens is 288 g/mol. The summed E-state index contributed by atoms with van der Waals surface area (Å²) >= 11 is 0. The van der Waals surface area contributed by atoms with E-state index in [0.717, 1.165) is 18.4 Å². The Morgan fingerprint density at radius 2 is 2.00 bits per heavy atom. The first-order chi connectivity index (χ1) is 10.5. The van der Waals surface area contributed by atoms with Gasteiger partial charge in [-0.15, -0.1) is 0 Å². The summed E-state index contributed by atoms with van der Waals surface area (Å²) in [5, 5.41) is 25.8. The predicted octanol–water partition coefficient (Wildman–Crippen LogP) is 3.34. The number of nitrogens with one attached hydrogen (secondary N) is 1. The van der Waals surface area contributed by atoms with Crippen molar-refractivity contribution in [1.82, 2.24) is 0 Å². The van der Waals surface area contributed by atoms with E-state index in [-0.39, 0.29) is 17.1 Å². The maximum absolute atomic E-state index is 11.0. The van der Waals surface area contributed by atoms with E-state index in [4.69, 9.17) is 0 Å². The van der Waals surface area contributed by atoms with Crippen LogP contribution in [0.25, 0.3) is 0 Å². The minimum atomic E-state index is -0.657. The Morgan fingerprint density at radius 1 is 1.18 bits per heavy atom. The van der Waals surface area contributed by atoms with Crippen molar-refractivity contribution in [3.8, 4) is 0 Å². The van der Waals surface area contributed by atoms with Crippen LogP contribution in [0.2, 0.25) is 0 Å². The van der Waals surface area contributed by atoms with Crippen molar-refractivity contribution in [2.24, 2.45) is 22.9 Å². The second-order valence-electron chi connectivity index (χ2n) is 5.94. The molecule has 0 saturated heterocycles. The molecule has 0 radical (unpaired) electrons. The largest absolute Gasteiger partial charge is 0.301 e. The van der Waals surface area contributed by atoms with Gasteiger partial charge in [0.05, 0.1) is 15.9 Å². The summed E-state index contributed by atoms with van der Waals surface area (Å²) in [4.78, 5) is 20.4. The first kappa shape index (κ1) is 14.4. The number of benzene rings is 1. The zero-order chi connectivity index (χ0) is 15.7. The van der Waals surface area contributed by atoms with E-state index >= 15 is 0 Å². The van der Waals surface area contributed by atoms with Crippen molar-refractivity contribution in [2.45, 2.75) is 25.7 Å². The summed E-state index contributed by atoms with van der Waals surface area (Å²) in [6.45, 7) is 0. The summed E-state index contributed by atoms with van der Waals surface area (Å²) in [6, 6.07) is 3.48. The van der Waals surface area contributed by atoms with Crippen LogP contribution in [0.4, 0.5) is 17.1 Å². The van der Waals surface area contributed by atoms with Crippen LogP contribution in [0.5, 0.6) is 0 Å². The van der Waals surface area contributed by atoms with Crippen molar-refractivity contribution >= 4 is 23.3 Å². The zero-order valence-electron chi connectivity index (χ0n) is 11.8. The van der Waals surface area contributed by atoms with Gasteiger partial charge in [0.1, 0.15) is 5.69 Å². The molecule has 0 aromatic heterocycles. The van der Waals surface area contributed by atoms with Gasteiger partial charge in [-0.2, -0.15) is 5.10 Å². The number of nitro benzene ring substituents is 2. The molecule has 0 spiro atoms. The standard InChI is InChI=1S/C14H16N4O4/c19-17(20)12-3-4-13(14(7-12)18(21)22)16-15-8-11-6-9-1-2-10(11)5-9/h3-4,7-11,16H,1-2,5-6H2/b15-8-/t9-,10-,11+/m0/s1. The monoisotopic (exact) mass is 304 g/mol. The van der Waals surface area contributed by atoms with Gasteiger partial charge in [0, 0.05) is 12.3 Å². The van der Waals surface area contributed by atoms with Gasteiger partial charge in [0.25, 0.3) is 5.69 Å². The fourth-order valence-electron chi connectivity index (χ4n) is 3.56. The molecule has 0 unspecified atom stereocenters. The van der Waals surface area contributed by atoms with Gasteiger partial charge in [0.2, 0.25) is 0 Å². The SMILES string of the molecule is O=[N+]([O-])c1ccc(N/N=C\[C@H]2C[C@H]3CC[C@H]2C3)c([N+](=O)[O-])c1. The van der Waals surface area contributed by atoms with E-state index in [9.17, 15) is 20.2 Å². The second-order valence-corrected chi connectivity index (χ2v) is 5.94. The van der Waals surface area contributed by atoms with Crippen LogP contribution >= 0.6 is 0 Å². The molecule has 8 heteroatoms. The van der Waals surface area contributed by atoms with Crippen LogP contribution in [-0.4, -0.2) is 16.1 Å². The third-order valence-corrected chi connectivity index (χ3v) is 4.63. The van der Waals surface area contributed by atoms with Crippen LogP contribution in [0.3, 0.4) is 0 Å². The van der Waals surface area contributed by atoms with E-state index in [0.29, 0.717) is 11.8 Å². The maximum Gasteiger partial charge on any atom is 0.301 e. The smallest absolute Gasteiger partial charge is 0.272 e. The number of nitro groups is 2. The molecule has 2 saturated carbocycles. The number of non-ortho nitro benzene ring substituents is 1. The summed E-state index contributed by atoms with van der Waals surface area (Å²) in [5.41, 5.74) is 2.16. The Hall–Kier alpha value is -2.51. The van der Waals surface area contributed by atoms with E-state index in [1.54, 1.807) is 0 Å². The Balaban J connectivity index is 1.71. The van der Waals surface area contributed by atoms with E-state index in [1.165, 1.54) is 31.4 Å². The maximum atomic E-state index is 11.0. The minimum Gasteiger partial charge on any atom is -0.272 e. The van der Waals surface area contributed by atoms with Gasteiger partial charge in [-0.1, -0.05) is 6.42 Å². The third kappa shape index (κ3) is 2.76. The highest BCUT2D eigenvalue weighted by molar-refractivity contribution is 5.68. The molecule has 3 atom stereocenters. The molecule has 0 heterocycles. The lowest BCUT2D eigenvalue weighted by Gasteiger charge is -2.16. The number of nitrogens with zero attached hydrogens (tertiary/aromatic N) is 3. The first-order valence-corrected chi connectivity index (χ1v) is 7.26. The number of rotatable bonds is 5. The normalized spacial score (nSPS) is 26.5. The number of fused-ring (bicyclic) bond motifs is 2. The first-order valence-electron chi connectivity index (χ1n) is 7.26. The highest BCUT2D eigenvalue weighted by Crippen LogP contribution is 2.47. The lowest BCUT2D eigenvalue weighted by atomic mass is 9.90. The number of hydrogen-bond acceptors (Lipinski definition) is 6. The van der Waals surface area contributed by atoms with Crippen LogP contribution in [0.15, 0.2) is 23.3 Å². The van der Waals surface area contributed by atoms with Crippen LogP contribution < -0.4 is 5.43 Å². The van der Waals surface area contributed by atoms with Gasteiger partial charge >= 0.3 is 5.69 Å². The molecule has 8 nitrogen and oxygen atoms in total. The molecule has 1 aromatic rings. The topological polar surface area (TPSA) is 111 Å². The third-order valence-electron chi connectivity index (χ3n) is 4.63. The molecule has 2 bridgehead atoms. The number of hydrazone groups is 1. The molecule has 116 valence electrons. The molecule has 2 fully saturated rings. The zero-order valence-corrected chi connectivity index (χ0v) is 11.8. The average Bonchev–Trinajstić information content (AvgIpc) is 3.09. The number of anilines is 1. The summed E-state index contributed by atoms with van der Waals surface area (Å²) in [7, 11) is 0. The summed E-state index contributed by atoms with van der Waals surface area (Å²) in [6.07, 6.45) is 6.76. The fraction of sp³-hybridized carbons (Fsp3) is 0.500. The van der Waals surface area contributed by atoms with Crippen molar-refractivity contribution in [3.05, 3.63) is 38.4 Å². The second kappa shape index (κ2) is 5.70. The van der Waals surface area contributed by atoms with Crippen molar-refractivity contribution in [2.75, 3.05) is 5.43 Å². The molecule has 0 amide bonds. The van der Waals surface area contributed by atoms with Gasteiger partial charge in [-0.05, 0) is 43.1 Å². The average molecular weight is 304 g/mol. The van der Waals surface area contributed by atoms with Gasteiger partial charge in [-0.3, -0.25) is 25.7 Å². The van der Waals surface area contributed by atoms with Gasteiger partial charge < -0.3 is 0 Å². The summed E-state index contributed by atoms with van der Waals surface area (Å²) < 4.78 is 0. The van der Waals surface area contributed by atoms with Crippen molar-refractivity contribution < 1.29 is 9.85 Å². The fourth-order valence-corrected chi connectivity index (χ4v) is 3.56. The Kier molecular flexibility index (Phi) is 3.74. The predicted molar refractivity (Wildman–Crippen MR) is 80.8 cm³/mol. The van der Waals surface area contributed by atoms with E-state index in [2.05, 4.69) is 10.5 Å². The molecule has 1 aromatic carbocycles. The Labute approximate surface area is 126 Å². The lowest BCUT2D eigenvalue weighted by molar-refractivity contribution is -0.393. The molecule has 22 heavy (non-hydrogen) atoms. The van der Waals surface area contributed by atoms with Crippen LogP contribution in [0.1, 0.15) is 25.7 Å². The van der Waals surface area contributed by atoms with Crippen molar-refractivity contribution in [1.29, 1.82) is 0 Å². The Bertz CT molecular complexity index is 646. The number of hydrogen-bond donors (Lipinski definition) is 1. The molecular formula is C14H16N4O4. The Morgan fingerprint density at radius 3 is 2.59 bits per heavy atom. The highest BCUT2D eigenvalue weighted by Gasteiger charge is 2.38.